The zero-order valence-electron chi connectivity index (χ0n) is 13.0. The number of aryl methyl sites for hydroxylation is 3. The lowest BCUT2D eigenvalue weighted by atomic mass is 10.3. The molecule has 0 N–H and O–H groups in total. The van der Waals surface area contributed by atoms with E-state index in [1.54, 1.807) is 0 Å². The third-order valence-corrected chi connectivity index (χ3v) is 4.40. The molecule has 116 valence electrons. The van der Waals surface area contributed by atoms with Gasteiger partial charge in [-0.25, -0.2) is 0 Å². The molecule has 1 aliphatic carbocycles. The summed E-state index contributed by atoms with van der Waals surface area (Å²) in [5, 5.41) is 4.40. The predicted octanol–water partition coefficient (Wildman–Crippen LogP) is 1.92. The van der Waals surface area contributed by atoms with Crippen molar-refractivity contribution < 1.29 is 9.53 Å². The topological polar surface area (TPSA) is 47.4 Å². The van der Waals surface area contributed by atoms with Gasteiger partial charge in [-0.1, -0.05) is 0 Å². The summed E-state index contributed by atoms with van der Waals surface area (Å²) in [6, 6.07) is 2.04. The van der Waals surface area contributed by atoms with E-state index in [0.29, 0.717) is 13.0 Å². The third kappa shape index (κ3) is 3.84. The highest BCUT2D eigenvalue weighted by Gasteiger charge is 2.29. The largest absolute Gasteiger partial charge is 0.376 e. The van der Waals surface area contributed by atoms with Crippen molar-refractivity contribution in [1.29, 1.82) is 0 Å². The molecule has 1 aliphatic heterocycles. The van der Waals surface area contributed by atoms with Crippen LogP contribution in [-0.2, 0) is 16.1 Å². The minimum absolute atomic E-state index is 0.222. The first kappa shape index (κ1) is 14.6. The quantitative estimate of drug-likeness (QED) is 0.804. The molecular formula is C16H25N3O2. The Morgan fingerprint density at radius 3 is 2.86 bits per heavy atom. The van der Waals surface area contributed by atoms with Gasteiger partial charge in [-0.3, -0.25) is 9.48 Å². The lowest BCUT2D eigenvalue weighted by Gasteiger charge is -2.17. The van der Waals surface area contributed by atoms with E-state index in [1.165, 1.54) is 12.8 Å². The highest BCUT2D eigenvalue weighted by Crippen LogP contribution is 2.30. The summed E-state index contributed by atoms with van der Waals surface area (Å²) >= 11 is 0. The summed E-state index contributed by atoms with van der Waals surface area (Å²) in [5.74, 6) is 1.01. The highest BCUT2D eigenvalue weighted by molar-refractivity contribution is 5.76. The summed E-state index contributed by atoms with van der Waals surface area (Å²) in [6.45, 7) is 7.17. The third-order valence-electron chi connectivity index (χ3n) is 4.40. The minimum Gasteiger partial charge on any atom is -0.376 e. The number of carbonyl (C=O) groups excluding carboxylic acids is 1. The van der Waals surface area contributed by atoms with Crippen LogP contribution in [0.15, 0.2) is 6.07 Å². The molecule has 1 saturated carbocycles. The van der Waals surface area contributed by atoms with Crippen LogP contribution in [0.4, 0.5) is 0 Å². The van der Waals surface area contributed by atoms with Gasteiger partial charge in [0.2, 0.25) is 5.91 Å². The van der Waals surface area contributed by atoms with E-state index in [1.807, 2.05) is 29.5 Å². The fraction of sp³-hybridized carbons (Fsp3) is 0.750. The maximum absolute atomic E-state index is 12.3. The van der Waals surface area contributed by atoms with Gasteiger partial charge in [0, 0.05) is 38.4 Å². The molecule has 1 aromatic rings. The lowest BCUT2D eigenvalue weighted by Crippen LogP contribution is -2.31. The first-order chi connectivity index (χ1) is 10.1. The van der Waals surface area contributed by atoms with Gasteiger partial charge < -0.3 is 9.64 Å². The Labute approximate surface area is 126 Å². The summed E-state index contributed by atoms with van der Waals surface area (Å²) in [6.07, 6.45) is 4.40. The second-order valence-electron chi connectivity index (χ2n) is 6.43. The van der Waals surface area contributed by atoms with Crippen LogP contribution >= 0.6 is 0 Å². The first-order valence-corrected chi connectivity index (χ1v) is 8.02. The fourth-order valence-electron chi connectivity index (χ4n) is 2.91. The van der Waals surface area contributed by atoms with E-state index in [2.05, 4.69) is 5.10 Å². The second-order valence-corrected chi connectivity index (χ2v) is 6.43. The number of hydrogen-bond acceptors (Lipinski definition) is 3. The van der Waals surface area contributed by atoms with Crippen LogP contribution < -0.4 is 0 Å². The number of aromatic nitrogens is 2. The van der Waals surface area contributed by atoms with Crippen LogP contribution in [0, 0.1) is 19.8 Å². The lowest BCUT2D eigenvalue weighted by molar-refractivity contribution is -0.131. The average Bonchev–Trinajstić information content (AvgIpc) is 3.06. The van der Waals surface area contributed by atoms with Crippen LogP contribution in [0.2, 0.25) is 0 Å². The van der Waals surface area contributed by atoms with Gasteiger partial charge in [-0.05, 0) is 45.1 Å². The van der Waals surface area contributed by atoms with Crippen molar-refractivity contribution in [2.24, 2.45) is 5.92 Å². The van der Waals surface area contributed by atoms with Crippen LogP contribution in [0.25, 0.3) is 0 Å². The number of hydrogen-bond donors (Lipinski definition) is 0. The standard InChI is InChI=1S/C16H25N3O2/c1-12-9-13(2)19(17-12)8-6-16(20)18-7-5-15(10-18)21-11-14-3-4-14/h9,14-15H,3-8,10-11H2,1-2H3. The Balaban J connectivity index is 1.42. The smallest absolute Gasteiger partial charge is 0.224 e. The number of ether oxygens (including phenoxy) is 1. The number of carbonyl (C=O) groups is 1. The van der Waals surface area contributed by atoms with Crippen LogP contribution in [-0.4, -0.2) is 46.4 Å². The van der Waals surface area contributed by atoms with Crippen molar-refractivity contribution in [3.63, 3.8) is 0 Å². The molecule has 1 aromatic heterocycles. The molecule has 0 radical (unpaired) electrons. The summed E-state index contributed by atoms with van der Waals surface area (Å²) < 4.78 is 7.80. The zero-order chi connectivity index (χ0) is 14.8. The molecule has 5 nitrogen and oxygen atoms in total. The molecule has 0 spiro atoms. The zero-order valence-corrected chi connectivity index (χ0v) is 13.0. The van der Waals surface area contributed by atoms with E-state index >= 15 is 0 Å². The van der Waals surface area contributed by atoms with Crippen molar-refractivity contribution in [2.45, 2.75) is 52.2 Å². The van der Waals surface area contributed by atoms with Crippen LogP contribution in [0.1, 0.15) is 37.1 Å². The summed E-state index contributed by atoms with van der Waals surface area (Å²) in [5.41, 5.74) is 2.13. The van der Waals surface area contributed by atoms with Crippen molar-refractivity contribution in [2.75, 3.05) is 19.7 Å². The normalized spacial score (nSPS) is 22.0. The Morgan fingerprint density at radius 1 is 1.38 bits per heavy atom. The summed E-state index contributed by atoms with van der Waals surface area (Å²) in [7, 11) is 0. The van der Waals surface area contributed by atoms with Crippen LogP contribution in [0.5, 0.6) is 0 Å². The van der Waals surface area contributed by atoms with Gasteiger partial charge in [-0.15, -0.1) is 0 Å². The van der Waals surface area contributed by atoms with Crippen molar-refractivity contribution in [3.05, 3.63) is 17.5 Å². The van der Waals surface area contributed by atoms with Gasteiger partial charge in [-0.2, -0.15) is 5.10 Å². The average molecular weight is 291 g/mol. The highest BCUT2D eigenvalue weighted by atomic mass is 16.5. The Hall–Kier alpha value is -1.36. The fourth-order valence-corrected chi connectivity index (χ4v) is 2.91. The maximum Gasteiger partial charge on any atom is 0.224 e. The first-order valence-electron chi connectivity index (χ1n) is 8.02. The van der Waals surface area contributed by atoms with Gasteiger partial charge in [0.25, 0.3) is 0 Å². The summed E-state index contributed by atoms with van der Waals surface area (Å²) in [4.78, 5) is 14.2. The van der Waals surface area contributed by atoms with Gasteiger partial charge in [0.05, 0.1) is 11.8 Å². The monoisotopic (exact) mass is 291 g/mol. The molecule has 2 heterocycles. The maximum atomic E-state index is 12.3. The molecule has 1 unspecified atom stereocenters. The molecule has 5 heteroatoms. The van der Waals surface area contributed by atoms with E-state index in [-0.39, 0.29) is 12.0 Å². The number of likely N-dealkylation sites (tertiary alicyclic amines) is 1. The minimum atomic E-state index is 0.222. The second kappa shape index (κ2) is 6.18. The Bertz CT molecular complexity index is 508. The predicted molar refractivity (Wildman–Crippen MR) is 80.0 cm³/mol. The van der Waals surface area contributed by atoms with E-state index in [4.69, 9.17) is 4.74 Å². The molecule has 2 aliphatic rings. The molecular weight excluding hydrogens is 266 g/mol. The van der Waals surface area contributed by atoms with E-state index < -0.39 is 0 Å². The number of amides is 1. The molecule has 1 amide bonds. The van der Waals surface area contributed by atoms with Crippen LogP contribution in [0.3, 0.4) is 0 Å². The van der Waals surface area contributed by atoms with Crippen molar-refractivity contribution in [3.8, 4) is 0 Å². The Morgan fingerprint density at radius 2 is 2.19 bits per heavy atom. The number of nitrogens with zero attached hydrogens (tertiary/aromatic N) is 3. The molecule has 1 atom stereocenters. The molecule has 0 bridgehead atoms. The van der Waals surface area contributed by atoms with Gasteiger partial charge >= 0.3 is 0 Å². The van der Waals surface area contributed by atoms with E-state index in [0.717, 1.165) is 43.4 Å². The van der Waals surface area contributed by atoms with Gasteiger partial charge in [0.15, 0.2) is 0 Å². The molecule has 3 rings (SSSR count). The van der Waals surface area contributed by atoms with Crippen molar-refractivity contribution >= 4 is 5.91 Å². The van der Waals surface area contributed by atoms with E-state index in [9.17, 15) is 4.79 Å². The van der Waals surface area contributed by atoms with Crippen molar-refractivity contribution in [1.82, 2.24) is 14.7 Å². The molecule has 21 heavy (non-hydrogen) atoms. The van der Waals surface area contributed by atoms with Gasteiger partial charge in [0.1, 0.15) is 0 Å². The molecule has 1 saturated heterocycles. The molecule has 0 aromatic carbocycles. The molecule has 2 fully saturated rings. The Kier molecular flexibility index (Phi) is 4.29. The SMILES string of the molecule is Cc1cc(C)n(CCC(=O)N2CCC(OCC3CC3)C2)n1. The number of rotatable bonds is 6.